The van der Waals surface area contributed by atoms with Gasteiger partial charge in [-0.25, -0.2) is 14.5 Å². The van der Waals surface area contributed by atoms with Gasteiger partial charge in [-0.2, -0.15) is 5.10 Å². The van der Waals surface area contributed by atoms with Gasteiger partial charge in [0.2, 0.25) is 0 Å². The van der Waals surface area contributed by atoms with Crippen LogP contribution in [0.25, 0.3) is 27.9 Å². The zero-order valence-corrected chi connectivity index (χ0v) is 13.3. The third-order valence-corrected chi connectivity index (χ3v) is 4.79. The van der Waals surface area contributed by atoms with Crippen LogP contribution in [0.5, 0.6) is 0 Å². The molecule has 1 atom stereocenters. The van der Waals surface area contributed by atoms with E-state index >= 15 is 0 Å². The first kappa shape index (κ1) is 13.7. The van der Waals surface area contributed by atoms with Crippen molar-refractivity contribution < 1.29 is 0 Å². The first-order chi connectivity index (χ1) is 11.9. The van der Waals surface area contributed by atoms with Crippen LogP contribution in [-0.2, 0) is 0 Å². The van der Waals surface area contributed by atoms with Gasteiger partial charge >= 0.3 is 0 Å². The SMILES string of the molecule is c1ccn2ncc(-c3ccc4ncn([C@H]5CCCNC5)c4n3)c2c1. The molecule has 0 radical (unpaired) electrons. The molecule has 4 aromatic heterocycles. The van der Waals surface area contributed by atoms with Gasteiger partial charge in [-0.05, 0) is 43.7 Å². The predicted molar refractivity (Wildman–Crippen MR) is 92.9 cm³/mol. The van der Waals surface area contributed by atoms with E-state index in [9.17, 15) is 0 Å². The maximum absolute atomic E-state index is 4.92. The second kappa shape index (κ2) is 5.42. The van der Waals surface area contributed by atoms with E-state index in [4.69, 9.17) is 4.98 Å². The van der Waals surface area contributed by atoms with E-state index in [1.807, 2.05) is 41.4 Å². The van der Waals surface area contributed by atoms with Crippen molar-refractivity contribution in [3.63, 3.8) is 0 Å². The highest BCUT2D eigenvalue weighted by atomic mass is 15.2. The lowest BCUT2D eigenvalue weighted by atomic mass is 10.1. The topological polar surface area (TPSA) is 60.0 Å². The van der Waals surface area contributed by atoms with Gasteiger partial charge in [0, 0.05) is 24.3 Å². The van der Waals surface area contributed by atoms with Crippen LogP contribution in [0.3, 0.4) is 0 Å². The Kier molecular flexibility index (Phi) is 3.09. The molecule has 0 aromatic carbocycles. The van der Waals surface area contributed by atoms with Crippen molar-refractivity contribution in [3.8, 4) is 11.3 Å². The molecule has 1 aliphatic rings. The number of fused-ring (bicyclic) bond motifs is 2. The van der Waals surface area contributed by atoms with Crippen molar-refractivity contribution >= 4 is 16.7 Å². The molecule has 24 heavy (non-hydrogen) atoms. The minimum absolute atomic E-state index is 0.426. The standard InChI is InChI=1S/C18H18N6/c1-2-9-24-17(5-1)14(11-21-24)15-6-7-16-18(22-15)23(12-20-16)13-4-3-8-19-10-13/h1-2,5-7,9,11-13,19H,3-4,8,10H2/t13-/m0/s1. The molecule has 0 amide bonds. The van der Waals surface area contributed by atoms with E-state index < -0.39 is 0 Å². The number of imidazole rings is 1. The minimum atomic E-state index is 0.426. The summed E-state index contributed by atoms with van der Waals surface area (Å²) in [6.07, 6.45) is 8.12. The van der Waals surface area contributed by atoms with Crippen molar-refractivity contribution in [2.24, 2.45) is 0 Å². The lowest BCUT2D eigenvalue weighted by molar-refractivity contribution is 0.376. The van der Waals surface area contributed by atoms with Crippen LogP contribution in [0.15, 0.2) is 49.1 Å². The summed E-state index contributed by atoms with van der Waals surface area (Å²) >= 11 is 0. The Morgan fingerprint density at radius 3 is 3.08 bits per heavy atom. The van der Waals surface area contributed by atoms with Gasteiger partial charge in [0.25, 0.3) is 0 Å². The fourth-order valence-electron chi connectivity index (χ4n) is 3.53. The van der Waals surface area contributed by atoms with Crippen LogP contribution >= 0.6 is 0 Å². The van der Waals surface area contributed by atoms with Gasteiger partial charge in [-0.1, -0.05) is 6.07 Å². The summed E-state index contributed by atoms with van der Waals surface area (Å²) in [6.45, 7) is 2.08. The van der Waals surface area contributed by atoms with Crippen molar-refractivity contribution in [3.05, 3.63) is 49.1 Å². The number of pyridine rings is 2. The molecule has 1 saturated heterocycles. The van der Waals surface area contributed by atoms with Gasteiger partial charge in [0.15, 0.2) is 5.65 Å². The third-order valence-electron chi connectivity index (χ3n) is 4.79. The molecule has 0 spiro atoms. The molecular formula is C18H18N6. The highest BCUT2D eigenvalue weighted by Crippen LogP contribution is 2.27. The van der Waals surface area contributed by atoms with Crippen LogP contribution in [0.4, 0.5) is 0 Å². The average molecular weight is 318 g/mol. The number of hydrogen-bond acceptors (Lipinski definition) is 4. The van der Waals surface area contributed by atoms with E-state index in [0.29, 0.717) is 6.04 Å². The Hall–Kier alpha value is -2.73. The average Bonchev–Trinajstić information content (AvgIpc) is 3.26. The summed E-state index contributed by atoms with van der Waals surface area (Å²) in [5, 5.41) is 7.88. The third kappa shape index (κ3) is 2.11. The molecule has 4 aromatic rings. The van der Waals surface area contributed by atoms with Crippen LogP contribution in [-0.4, -0.2) is 37.2 Å². The van der Waals surface area contributed by atoms with Crippen LogP contribution in [0, 0.1) is 0 Å². The van der Waals surface area contributed by atoms with E-state index in [0.717, 1.165) is 41.0 Å². The number of piperidine rings is 1. The number of hydrogen-bond donors (Lipinski definition) is 1. The Balaban J connectivity index is 1.64. The zero-order valence-electron chi connectivity index (χ0n) is 13.3. The Labute approximate surface area is 139 Å². The molecule has 5 heterocycles. The quantitative estimate of drug-likeness (QED) is 0.617. The largest absolute Gasteiger partial charge is 0.315 e. The van der Waals surface area contributed by atoms with Crippen molar-refractivity contribution in [2.75, 3.05) is 13.1 Å². The number of rotatable bonds is 2. The molecule has 5 rings (SSSR count). The molecule has 6 heteroatoms. The fraction of sp³-hybridized carbons (Fsp3) is 0.278. The maximum Gasteiger partial charge on any atom is 0.160 e. The molecule has 0 aliphatic carbocycles. The van der Waals surface area contributed by atoms with Gasteiger partial charge in [0.05, 0.1) is 23.7 Å². The monoisotopic (exact) mass is 318 g/mol. The molecule has 1 aliphatic heterocycles. The second-order valence-electron chi connectivity index (χ2n) is 6.28. The summed E-state index contributed by atoms with van der Waals surface area (Å²) in [4.78, 5) is 9.45. The highest BCUT2D eigenvalue weighted by Gasteiger charge is 2.18. The first-order valence-corrected chi connectivity index (χ1v) is 8.37. The van der Waals surface area contributed by atoms with Crippen molar-refractivity contribution in [1.82, 2.24) is 29.5 Å². The lowest BCUT2D eigenvalue weighted by Crippen LogP contribution is -2.31. The van der Waals surface area contributed by atoms with Crippen molar-refractivity contribution in [1.29, 1.82) is 0 Å². The molecule has 6 nitrogen and oxygen atoms in total. The van der Waals surface area contributed by atoms with Gasteiger partial charge in [-0.15, -0.1) is 0 Å². The molecule has 0 saturated carbocycles. The zero-order chi connectivity index (χ0) is 15.9. The minimum Gasteiger partial charge on any atom is -0.315 e. The number of aromatic nitrogens is 5. The first-order valence-electron chi connectivity index (χ1n) is 8.37. The van der Waals surface area contributed by atoms with E-state index in [1.165, 1.54) is 12.8 Å². The van der Waals surface area contributed by atoms with E-state index in [-0.39, 0.29) is 0 Å². The number of nitrogens with zero attached hydrogens (tertiary/aromatic N) is 5. The lowest BCUT2D eigenvalue weighted by Gasteiger charge is -2.24. The normalized spacial score (nSPS) is 18.4. The fourth-order valence-corrected chi connectivity index (χ4v) is 3.53. The highest BCUT2D eigenvalue weighted by molar-refractivity contribution is 5.82. The molecule has 0 bridgehead atoms. The summed E-state index contributed by atoms with van der Waals surface area (Å²) in [6, 6.07) is 10.6. The van der Waals surface area contributed by atoms with E-state index in [2.05, 4.69) is 32.1 Å². The Bertz CT molecular complexity index is 1010. The Morgan fingerprint density at radius 2 is 2.17 bits per heavy atom. The second-order valence-corrected chi connectivity index (χ2v) is 6.28. The summed E-state index contributed by atoms with van der Waals surface area (Å²) in [7, 11) is 0. The van der Waals surface area contributed by atoms with Gasteiger partial charge in [-0.3, -0.25) is 0 Å². The van der Waals surface area contributed by atoms with Gasteiger partial charge in [0.1, 0.15) is 5.52 Å². The summed E-state index contributed by atoms with van der Waals surface area (Å²) < 4.78 is 4.10. The predicted octanol–water partition coefficient (Wildman–Crippen LogP) is 2.67. The molecule has 0 unspecified atom stereocenters. The molecular weight excluding hydrogens is 300 g/mol. The summed E-state index contributed by atoms with van der Waals surface area (Å²) in [5.41, 5.74) is 4.95. The van der Waals surface area contributed by atoms with E-state index in [1.54, 1.807) is 0 Å². The van der Waals surface area contributed by atoms with Crippen LogP contribution in [0.2, 0.25) is 0 Å². The Morgan fingerprint density at radius 1 is 1.17 bits per heavy atom. The maximum atomic E-state index is 4.92. The summed E-state index contributed by atoms with van der Waals surface area (Å²) in [5.74, 6) is 0. The molecule has 1 N–H and O–H groups in total. The molecule has 120 valence electrons. The number of nitrogens with one attached hydrogen (secondary N) is 1. The van der Waals surface area contributed by atoms with Crippen LogP contribution < -0.4 is 5.32 Å². The van der Waals surface area contributed by atoms with Crippen molar-refractivity contribution in [2.45, 2.75) is 18.9 Å². The van der Waals surface area contributed by atoms with Gasteiger partial charge < -0.3 is 9.88 Å². The van der Waals surface area contributed by atoms with Crippen LogP contribution in [0.1, 0.15) is 18.9 Å². The molecule has 1 fully saturated rings. The smallest absolute Gasteiger partial charge is 0.160 e.